The Morgan fingerprint density at radius 1 is 1.19 bits per heavy atom. The molecule has 192 valence electrons. The molecule has 1 unspecified atom stereocenters. The topological polar surface area (TPSA) is 149 Å². The second-order valence-corrected chi connectivity index (χ2v) is 10.1. The van der Waals surface area contributed by atoms with Gasteiger partial charge in [-0.3, -0.25) is 9.35 Å². The summed E-state index contributed by atoms with van der Waals surface area (Å²) in [5.41, 5.74) is 11.8. The minimum atomic E-state index is -4.58. The van der Waals surface area contributed by atoms with Crippen LogP contribution in [0.1, 0.15) is 26.7 Å². The summed E-state index contributed by atoms with van der Waals surface area (Å²) in [5, 5.41) is -1.83. The summed E-state index contributed by atoms with van der Waals surface area (Å²) >= 11 is 5.85. The first-order valence-corrected chi connectivity index (χ1v) is 12.2. The van der Waals surface area contributed by atoms with Crippen molar-refractivity contribution in [2.24, 2.45) is 5.73 Å². The molecule has 0 bridgehead atoms. The summed E-state index contributed by atoms with van der Waals surface area (Å²) in [6.07, 6.45) is 1.30. The van der Waals surface area contributed by atoms with Gasteiger partial charge in [-0.05, 0) is 55.6 Å². The largest absolute Gasteiger partial charge is 0.485 e. The van der Waals surface area contributed by atoms with Gasteiger partial charge in [0.05, 0.1) is 5.02 Å². The predicted molar refractivity (Wildman–Crippen MR) is 131 cm³/mol. The Hall–Kier alpha value is -3.32. The van der Waals surface area contributed by atoms with Crippen molar-refractivity contribution in [2.45, 2.75) is 11.9 Å². The molecular formula is C23H23ClF2N4O5S. The molecule has 0 aliphatic rings. The number of nitrogen functional groups attached to an aromatic ring is 1. The Kier molecular flexibility index (Phi) is 8.14. The number of benzene rings is 2. The summed E-state index contributed by atoms with van der Waals surface area (Å²) in [5.74, 6) is -2.53. The van der Waals surface area contributed by atoms with Gasteiger partial charge in [0, 0.05) is 29.4 Å². The van der Waals surface area contributed by atoms with E-state index in [-0.39, 0.29) is 45.9 Å². The number of carbonyl (C=O) groups excluding carboxylic acids is 1. The molecule has 9 nitrogen and oxygen atoms in total. The highest BCUT2D eigenvalue weighted by atomic mass is 35.5. The molecule has 13 heteroatoms. The van der Waals surface area contributed by atoms with Crippen molar-refractivity contribution in [3.63, 3.8) is 0 Å². The van der Waals surface area contributed by atoms with Crippen molar-refractivity contribution >= 4 is 33.4 Å². The van der Waals surface area contributed by atoms with Crippen molar-refractivity contribution in [3.8, 4) is 16.9 Å². The van der Waals surface area contributed by atoms with Crippen LogP contribution in [-0.4, -0.2) is 49.4 Å². The normalized spacial score (nSPS) is 12.5. The highest BCUT2D eigenvalue weighted by molar-refractivity contribution is 7.86. The van der Waals surface area contributed by atoms with Crippen LogP contribution in [-0.2, 0) is 16.7 Å². The van der Waals surface area contributed by atoms with Crippen molar-refractivity contribution in [2.75, 3.05) is 26.4 Å². The number of halogens is 3. The van der Waals surface area contributed by atoms with Crippen molar-refractivity contribution < 1.29 is 31.3 Å². The van der Waals surface area contributed by atoms with Gasteiger partial charge < -0.3 is 21.1 Å². The third kappa shape index (κ3) is 6.08. The van der Waals surface area contributed by atoms with Crippen molar-refractivity contribution in [3.05, 3.63) is 75.9 Å². The van der Waals surface area contributed by atoms with E-state index < -0.39 is 44.5 Å². The van der Waals surface area contributed by atoms with E-state index in [0.717, 1.165) is 12.1 Å². The number of primary amides is 1. The van der Waals surface area contributed by atoms with Gasteiger partial charge in [-0.15, -0.1) is 0 Å². The molecule has 5 N–H and O–H groups in total. The Labute approximate surface area is 211 Å². The fourth-order valence-electron chi connectivity index (χ4n) is 3.49. The summed E-state index contributed by atoms with van der Waals surface area (Å²) in [7, 11) is -1.32. The van der Waals surface area contributed by atoms with Gasteiger partial charge in [0.25, 0.3) is 10.1 Å². The van der Waals surface area contributed by atoms with Gasteiger partial charge in [0.1, 0.15) is 23.5 Å². The van der Waals surface area contributed by atoms with Crippen LogP contribution in [0.5, 0.6) is 5.75 Å². The number of amides is 1. The zero-order valence-electron chi connectivity index (χ0n) is 19.2. The van der Waals surface area contributed by atoms with Crippen LogP contribution in [0.25, 0.3) is 11.1 Å². The summed E-state index contributed by atoms with van der Waals surface area (Å²) in [6.45, 7) is -0.564. The van der Waals surface area contributed by atoms with Crippen LogP contribution in [0.3, 0.4) is 0 Å². The lowest BCUT2D eigenvalue weighted by Crippen LogP contribution is -2.26. The molecule has 0 spiro atoms. The average molecular weight is 541 g/mol. The van der Waals surface area contributed by atoms with Gasteiger partial charge in [-0.2, -0.15) is 8.42 Å². The lowest BCUT2D eigenvalue weighted by atomic mass is 9.95. The highest BCUT2D eigenvalue weighted by Crippen LogP contribution is 2.36. The molecule has 2 aromatic carbocycles. The smallest absolute Gasteiger partial charge is 0.273 e. The van der Waals surface area contributed by atoms with Gasteiger partial charge >= 0.3 is 0 Å². The number of hydrogen-bond donors (Lipinski definition) is 3. The van der Waals surface area contributed by atoms with Crippen LogP contribution in [0.4, 0.5) is 14.6 Å². The standard InChI is InChI=1S/C23H23ClF2N4O5S/c1-30(2)10-20(36(32,33)34)14-4-3-12(23(28)31)7-15(14)13-8-19(22(27)29-9-13)35-11-16-17(25)5-6-18(26)21(16)24/h3-9,20H,10-11H2,1-2H3,(H2,27,29)(H2,28,31)(H,32,33,34). The van der Waals surface area contributed by atoms with Crippen LogP contribution in [0, 0.1) is 11.6 Å². The predicted octanol–water partition coefficient (Wildman–Crippen LogP) is 3.43. The van der Waals surface area contributed by atoms with E-state index in [1.165, 1.54) is 30.5 Å². The Morgan fingerprint density at radius 3 is 2.47 bits per heavy atom. The number of nitrogens with zero attached hydrogens (tertiary/aromatic N) is 2. The number of aromatic nitrogens is 1. The summed E-state index contributed by atoms with van der Waals surface area (Å²) in [6, 6.07) is 7.23. The van der Waals surface area contributed by atoms with E-state index in [9.17, 15) is 26.5 Å². The maximum absolute atomic E-state index is 14.1. The number of pyridine rings is 1. The molecule has 1 heterocycles. The van der Waals surface area contributed by atoms with Gasteiger partial charge in [-0.25, -0.2) is 13.8 Å². The summed E-state index contributed by atoms with van der Waals surface area (Å²) in [4.78, 5) is 17.4. The molecule has 0 radical (unpaired) electrons. The fourth-order valence-corrected chi connectivity index (χ4v) is 4.72. The minimum Gasteiger partial charge on any atom is -0.485 e. The molecule has 0 aliphatic carbocycles. The maximum Gasteiger partial charge on any atom is 0.273 e. The number of ether oxygens (including phenoxy) is 1. The minimum absolute atomic E-state index is 0.0429. The zero-order valence-corrected chi connectivity index (χ0v) is 20.8. The molecule has 3 rings (SSSR count). The molecular weight excluding hydrogens is 518 g/mol. The second-order valence-electron chi connectivity index (χ2n) is 8.15. The van der Waals surface area contributed by atoms with E-state index in [0.29, 0.717) is 0 Å². The molecule has 0 fully saturated rings. The second kappa shape index (κ2) is 10.7. The van der Waals surface area contributed by atoms with E-state index in [2.05, 4.69) is 4.98 Å². The first-order valence-electron chi connectivity index (χ1n) is 10.4. The quantitative estimate of drug-likeness (QED) is 0.276. The number of carbonyl (C=O) groups is 1. The van der Waals surface area contributed by atoms with Gasteiger partial charge in [0.15, 0.2) is 11.6 Å². The van der Waals surface area contributed by atoms with Crippen molar-refractivity contribution in [1.82, 2.24) is 9.88 Å². The van der Waals surface area contributed by atoms with Crippen LogP contribution in [0.2, 0.25) is 5.02 Å². The Bertz CT molecular complexity index is 1420. The van der Waals surface area contributed by atoms with Crippen LogP contribution < -0.4 is 16.2 Å². The molecule has 0 saturated carbocycles. The van der Waals surface area contributed by atoms with E-state index >= 15 is 0 Å². The lowest BCUT2D eigenvalue weighted by molar-refractivity contribution is 0.1000. The number of likely N-dealkylation sites (N-methyl/N-ethyl adjacent to an activating group) is 1. The molecule has 36 heavy (non-hydrogen) atoms. The number of hydrogen-bond acceptors (Lipinski definition) is 7. The van der Waals surface area contributed by atoms with Gasteiger partial charge in [0.2, 0.25) is 5.91 Å². The Balaban J connectivity index is 2.11. The first kappa shape index (κ1) is 27.3. The van der Waals surface area contributed by atoms with E-state index in [1.807, 2.05) is 0 Å². The van der Waals surface area contributed by atoms with Gasteiger partial charge in [-0.1, -0.05) is 17.7 Å². The van der Waals surface area contributed by atoms with Crippen LogP contribution in [0.15, 0.2) is 42.6 Å². The zero-order chi connectivity index (χ0) is 26.8. The van der Waals surface area contributed by atoms with Crippen LogP contribution >= 0.6 is 11.6 Å². The maximum atomic E-state index is 14.1. The molecule has 1 amide bonds. The molecule has 0 aliphatic heterocycles. The van der Waals surface area contributed by atoms with Crippen molar-refractivity contribution in [1.29, 1.82) is 0 Å². The average Bonchev–Trinajstić information content (AvgIpc) is 2.80. The lowest BCUT2D eigenvalue weighted by Gasteiger charge is -2.22. The third-order valence-corrected chi connectivity index (χ3v) is 6.81. The highest BCUT2D eigenvalue weighted by Gasteiger charge is 2.29. The summed E-state index contributed by atoms with van der Waals surface area (Å²) < 4.78 is 67.9. The molecule has 0 saturated heterocycles. The molecule has 1 atom stereocenters. The fraction of sp³-hybridized carbons (Fsp3) is 0.217. The Morgan fingerprint density at radius 2 is 1.86 bits per heavy atom. The number of rotatable bonds is 9. The monoisotopic (exact) mass is 540 g/mol. The first-order chi connectivity index (χ1) is 16.8. The SMILES string of the molecule is CN(C)CC(c1ccc(C(N)=O)cc1-c1cnc(N)c(OCc2c(F)ccc(F)c2Cl)c1)S(=O)(=O)O. The molecule has 3 aromatic rings. The number of nitrogens with two attached hydrogens (primary N) is 2. The van der Waals surface area contributed by atoms with E-state index in [1.54, 1.807) is 19.0 Å². The van der Waals surface area contributed by atoms with E-state index in [4.69, 9.17) is 27.8 Å². The third-order valence-electron chi connectivity index (χ3n) is 5.28. The number of anilines is 1. The molecule has 1 aromatic heterocycles.